The molecule has 1 aliphatic heterocycles. The molecule has 1 unspecified atom stereocenters. The van der Waals surface area contributed by atoms with Crippen molar-refractivity contribution in [3.05, 3.63) is 78.0 Å². The third-order valence-corrected chi connectivity index (χ3v) is 7.78. The van der Waals surface area contributed by atoms with Crippen LogP contribution < -0.4 is 15.0 Å². The summed E-state index contributed by atoms with van der Waals surface area (Å²) in [5, 5.41) is 7.14. The number of rotatable bonds is 7. The molecule has 2 amide bonds. The normalized spacial score (nSPS) is 14.2. The first-order valence-corrected chi connectivity index (χ1v) is 14.2. The fourth-order valence-electron chi connectivity index (χ4n) is 4.68. The SMILES string of the molecule is COc1ccc(-n2nc(S(C)(=O)=O)c3c2C(=O)N(c2ccc(NC(=O)C(C)n4ccnc4C)cc2)CC3)cc1. The third-order valence-electron chi connectivity index (χ3n) is 6.75. The highest BCUT2D eigenvalue weighted by Gasteiger charge is 2.36. The Morgan fingerprint density at radius 1 is 1.08 bits per heavy atom. The molecule has 0 saturated carbocycles. The second kappa shape index (κ2) is 10.0. The zero-order valence-corrected chi connectivity index (χ0v) is 22.8. The van der Waals surface area contributed by atoms with E-state index in [4.69, 9.17) is 4.74 Å². The van der Waals surface area contributed by atoms with Crippen molar-refractivity contribution in [3.63, 3.8) is 0 Å². The van der Waals surface area contributed by atoms with Gasteiger partial charge in [-0.15, -0.1) is 0 Å². The second-order valence-electron chi connectivity index (χ2n) is 9.31. The van der Waals surface area contributed by atoms with Crippen LogP contribution in [0.3, 0.4) is 0 Å². The minimum atomic E-state index is -3.67. The molecule has 1 N–H and O–H groups in total. The van der Waals surface area contributed by atoms with Gasteiger partial charge in [-0.2, -0.15) is 5.10 Å². The lowest BCUT2D eigenvalue weighted by Crippen LogP contribution is -2.39. The van der Waals surface area contributed by atoms with Gasteiger partial charge in [0.05, 0.1) is 12.8 Å². The van der Waals surface area contributed by atoms with Crippen LogP contribution in [0.2, 0.25) is 0 Å². The highest BCUT2D eigenvalue weighted by molar-refractivity contribution is 7.90. The lowest BCUT2D eigenvalue weighted by Gasteiger charge is -2.28. The number of nitrogens with one attached hydrogen (secondary N) is 1. The highest BCUT2D eigenvalue weighted by atomic mass is 32.2. The number of anilines is 2. The molecule has 4 aromatic rings. The molecule has 2 aromatic carbocycles. The molecule has 0 radical (unpaired) electrons. The van der Waals surface area contributed by atoms with E-state index in [2.05, 4.69) is 15.4 Å². The third kappa shape index (κ3) is 4.90. The van der Waals surface area contributed by atoms with E-state index in [1.54, 1.807) is 84.4 Å². The smallest absolute Gasteiger partial charge is 0.277 e. The monoisotopic (exact) mass is 548 g/mol. The van der Waals surface area contributed by atoms with E-state index in [1.165, 1.54) is 4.68 Å². The minimum Gasteiger partial charge on any atom is -0.497 e. The second-order valence-corrected chi connectivity index (χ2v) is 11.2. The zero-order valence-electron chi connectivity index (χ0n) is 22.0. The Balaban J connectivity index is 1.42. The molecular weight excluding hydrogens is 520 g/mol. The van der Waals surface area contributed by atoms with Crippen molar-refractivity contribution in [2.75, 3.05) is 30.1 Å². The van der Waals surface area contributed by atoms with Gasteiger partial charge >= 0.3 is 0 Å². The lowest BCUT2D eigenvalue weighted by atomic mass is 10.1. The van der Waals surface area contributed by atoms with E-state index < -0.39 is 15.9 Å². The van der Waals surface area contributed by atoms with Crippen LogP contribution in [-0.2, 0) is 21.1 Å². The average Bonchev–Trinajstić information content (AvgIpc) is 3.53. The van der Waals surface area contributed by atoms with Crippen LogP contribution >= 0.6 is 0 Å². The number of methoxy groups -OCH3 is 1. The number of amides is 2. The largest absolute Gasteiger partial charge is 0.497 e. The fourth-order valence-corrected chi connectivity index (χ4v) is 5.55. The van der Waals surface area contributed by atoms with E-state index >= 15 is 0 Å². The molecule has 39 heavy (non-hydrogen) atoms. The van der Waals surface area contributed by atoms with Crippen LogP contribution in [0.4, 0.5) is 11.4 Å². The zero-order chi connectivity index (χ0) is 27.9. The van der Waals surface area contributed by atoms with Crippen molar-refractivity contribution >= 4 is 33.0 Å². The Hall–Kier alpha value is -4.45. The molecule has 0 saturated heterocycles. The number of ether oxygens (including phenoxy) is 1. The van der Waals surface area contributed by atoms with Crippen LogP contribution in [0.1, 0.15) is 34.8 Å². The molecule has 0 fully saturated rings. The van der Waals surface area contributed by atoms with Crippen LogP contribution in [0.5, 0.6) is 5.75 Å². The Morgan fingerprint density at radius 2 is 1.74 bits per heavy atom. The van der Waals surface area contributed by atoms with Gasteiger partial charge < -0.3 is 19.5 Å². The highest BCUT2D eigenvalue weighted by Crippen LogP contribution is 2.31. The molecule has 1 aliphatic rings. The van der Waals surface area contributed by atoms with Gasteiger partial charge in [-0.1, -0.05) is 0 Å². The molecule has 0 aliphatic carbocycles. The summed E-state index contributed by atoms with van der Waals surface area (Å²) in [5.74, 6) is 0.802. The van der Waals surface area contributed by atoms with E-state index in [-0.39, 0.29) is 29.1 Å². The number of aryl methyl sites for hydroxylation is 1. The van der Waals surface area contributed by atoms with Gasteiger partial charge in [-0.25, -0.2) is 18.1 Å². The predicted octanol–water partition coefficient (Wildman–Crippen LogP) is 3.19. The first kappa shape index (κ1) is 26.2. The van der Waals surface area contributed by atoms with Crippen molar-refractivity contribution in [3.8, 4) is 11.4 Å². The van der Waals surface area contributed by atoms with Gasteiger partial charge in [0, 0.05) is 42.1 Å². The Bertz CT molecular complexity index is 1660. The van der Waals surface area contributed by atoms with Crippen molar-refractivity contribution < 1.29 is 22.7 Å². The van der Waals surface area contributed by atoms with Crippen LogP contribution in [0.25, 0.3) is 5.69 Å². The van der Waals surface area contributed by atoms with E-state index in [9.17, 15) is 18.0 Å². The van der Waals surface area contributed by atoms with Crippen molar-refractivity contribution in [1.82, 2.24) is 19.3 Å². The van der Waals surface area contributed by atoms with Gasteiger partial charge in [-0.05, 0) is 68.8 Å². The summed E-state index contributed by atoms with van der Waals surface area (Å²) in [6.07, 6.45) is 4.81. The molecule has 5 rings (SSSR count). The predicted molar refractivity (Wildman–Crippen MR) is 145 cm³/mol. The van der Waals surface area contributed by atoms with Gasteiger partial charge in [0.1, 0.15) is 23.3 Å². The number of fused-ring (bicyclic) bond motifs is 1. The van der Waals surface area contributed by atoms with Crippen molar-refractivity contribution in [2.24, 2.45) is 0 Å². The van der Waals surface area contributed by atoms with Gasteiger partial charge in [0.2, 0.25) is 5.91 Å². The topological polar surface area (TPSA) is 128 Å². The van der Waals surface area contributed by atoms with Gasteiger partial charge in [0.15, 0.2) is 14.9 Å². The number of imidazole rings is 1. The molecule has 11 nitrogen and oxygen atoms in total. The first-order valence-electron chi connectivity index (χ1n) is 12.3. The summed E-state index contributed by atoms with van der Waals surface area (Å²) in [6.45, 7) is 3.91. The molecule has 2 aromatic heterocycles. The molecule has 0 spiro atoms. The van der Waals surface area contributed by atoms with Crippen LogP contribution in [0.15, 0.2) is 66.0 Å². The number of aromatic nitrogens is 4. The number of sulfone groups is 1. The quantitative estimate of drug-likeness (QED) is 0.376. The van der Waals surface area contributed by atoms with Crippen LogP contribution in [-0.4, -0.2) is 59.5 Å². The molecule has 0 bridgehead atoms. The standard InChI is InChI=1S/C27H28N6O5S/c1-17(31-16-14-28-18(31)2)25(34)29-19-5-7-20(8-6-19)32-15-13-23-24(27(32)35)33(30-26(23)39(4,36)37)21-9-11-22(38-3)12-10-21/h5-12,14,16-17H,13,15H2,1-4H3,(H,29,34). The Labute approximate surface area is 225 Å². The molecule has 1 atom stereocenters. The average molecular weight is 549 g/mol. The minimum absolute atomic E-state index is 0.0957. The molecule has 202 valence electrons. The Morgan fingerprint density at radius 3 is 2.33 bits per heavy atom. The first-order chi connectivity index (χ1) is 18.6. The number of nitrogens with zero attached hydrogens (tertiary/aromatic N) is 5. The number of benzene rings is 2. The summed E-state index contributed by atoms with van der Waals surface area (Å²) in [5.41, 5.74) is 2.35. The Kier molecular flexibility index (Phi) is 6.73. The van der Waals surface area contributed by atoms with Gasteiger partial charge in [0.25, 0.3) is 5.91 Å². The van der Waals surface area contributed by atoms with E-state index in [0.717, 1.165) is 12.1 Å². The summed E-state index contributed by atoms with van der Waals surface area (Å²) >= 11 is 0. The maximum atomic E-state index is 13.8. The summed E-state index contributed by atoms with van der Waals surface area (Å²) in [6, 6.07) is 13.4. The van der Waals surface area contributed by atoms with Crippen molar-refractivity contribution in [1.29, 1.82) is 0 Å². The van der Waals surface area contributed by atoms with Crippen molar-refractivity contribution in [2.45, 2.75) is 31.3 Å². The van der Waals surface area contributed by atoms with E-state index in [1.807, 2.05) is 6.92 Å². The summed E-state index contributed by atoms with van der Waals surface area (Å²) in [4.78, 5) is 32.2. The maximum Gasteiger partial charge on any atom is 0.277 e. The molecular formula is C27H28N6O5S. The fraction of sp³-hybridized carbons (Fsp3) is 0.259. The number of carbonyl (C=O) groups is 2. The maximum absolute atomic E-state index is 13.8. The molecule has 3 heterocycles. The summed E-state index contributed by atoms with van der Waals surface area (Å²) < 4.78 is 33.4. The van der Waals surface area contributed by atoms with Gasteiger partial charge in [-0.3, -0.25) is 9.59 Å². The number of carbonyl (C=O) groups excluding carboxylic acids is 2. The summed E-state index contributed by atoms with van der Waals surface area (Å²) in [7, 11) is -2.12. The van der Waals surface area contributed by atoms with E-state index in [0.29, 0.717) is 34.8 Å². The molecule has 12 heteroatoms. The number of hydrogen-bond donors (Lipinski definition) is 1. The lowest BCUT2D eigenvalue weighted by molar-refractivity contribution is -0.118. The van der Waals surface area contributed by atoms with Crippen LogP contribution in [0, 0.1) is 6.92 Å². The number of hydrogen-bond acceptors (Lipinski definition) is 7.